The molecule has 1 amide bonds. The smallest absolute Gasteiger partial charge is 0.310 e. The van der Waals surface area contributed by atoms with Gasteiger partial charge in [0.15, 0.2) is 0 Å². The van der Waals surface area contributed by atoms with Crippen LogP contribution < -0.4 is 0 Å². The lowest BCUT2D eigenvalue weighted by Gasteiger charge is -2.27. The van der Waals surface area contributed by atoms with Crippen LogP contribution in [0.1, 0.15) is 18.2 Å². The summed E-state index contributed by atoms with van der Waals surface area (Å²) in [5.74, 6) is -2.00. The number of carboxylic acid groups (broad SMARTS) is 1. The molecular weight excluding hydrogens is 298 g/mol. The Hall–Kier alpha value is -2.34. The van der Waals surface area contributed by atoms with Gasteiger partial charge in [0.2, 0.25) is 5.91 Å². The predicted molar refractivity (Wildman–Crippen MR) is 79.3 cm³/mol. The van der Waals surface area contributed by atoms with E-state index < -0.39 is 29.5 Å². The second kappa shape index (κ2) is 4.83. The monoisotopic (exact) mass is 315 g/mol. The molecule has 1 aromatic rings. The molecule has 3 aliphatic rings. The van der Waals surface area contributed by atoms with Crippen molar-refractivity contribution in [1.82, 2.24) is 4.90 Å². The Bertz CT molecular complexity index is 694. The summed E-state index contributed by atoms with van der Waals surface area (Å²) in [4.78, 5) is 26.2. The normalized spacial score (nSPS) is 35.6. The number of carboxylic acids is 1. The van der Waals surface area contributed by atoms with E-state index in [2.05, 4.69) is 6.58 Å². The number of aliphatic carboxylic acids is 1. The van der Waals surface area contributed by atoms with Crippen molar-refractivity contribution in [2.75, 3.05) is 6.54 Å². The third kappa shape index (κ3) is 1.84. The first-order valence-corrected chi connectivity index (χ1v) is 7.62. The number of likely N-dealkylation sites (tertiary alicyclic amines) is 1. The summed E-state index contributed by atoms with van der Waals surface area (Å²) < 4.78 is 11.4. The number of amides is 1. The van der Waals surface area contributed by atoms with Gasteiger partial charge >= 0.3 is 5.97 Å². The largest absolute Gasteiger partial charge is 0.481 e. The van der Waals surface area contributed by atoms with E-state index in [1.807, 2.05) is 12.1 Å². The van der Waals surface area contributed by atoms with Gasteiger partial charge in [0, 0.05) is 0 Å². The standard InChI is InChI=1S/C17H17NO5/c1-2-4-10(11-5-3-8-22-11)18-9-17-7-6-12(23-17)13(16(20)21)14(17)15(18)19/h2-3,5-8,10,12-14H,1,4,9H2,(H,20,21)/t10?,12-,13?,14+,17-/m1/s1. The number of nitrogens with zero attached hydrogens (tertiary/aromatic N) is 1. The zero-order valence-corrected chi connectivity index (χ0v) is 12.4. The Morgan fingerprint density at radius 1 is 1.61 bits per heavy atom. The zero-order valence-electron chi connectivity index (χ0n) is 12.4. The fourth-order valence-corrected chi connectivity index (χ4v) is 4.11. The first-order valence-electron chi connectivity index (χ1n) is 7.62. The maximum atomic E-state index is 13.0. The molecule has 0 saturated carbocycles. The molecule has 0 radical (unpaired) electrons. The van der Waals surface area contributed by atoms with Crippen molar-refractivity contribution in [2.45, 2.75) is 24.2 Å². The van der Waals surface area contributed by atoms with Crippen LogP contribution in [0.3, 0.4) is 0 Å². The van der Waals surface area contributed by atoms with Crippen LogP contribution in [0.15, 0.2) is 47.6 Å². The molecule has 1 N–H and O–H groups in total. The van der Waals surface area contributed by atoms with Gasteiger partial charge in [-0.2, -0.15) is 0 Å². The highest BCUT2D eigenvalue weighted by Crippen LogP contribution is 2.53. The van der Waals surface area contributed by atoms with Crippen molar-refractivity contribution < 1.29 is 23.8 Å². The number of carbonyl (C=O) groups is 2. The van der Waals surface area contributed by atoms with Crippen LogP contribution in [0.5, 0.6) is 0 Å². The van der Waals surface area contributed by atoms with Gasteiger partial charge in [-0.3, -0.25) is 9.59 Å². The first-order chi connectivity index (χ1) is 11.1. The molecule has 23 heavy (non-hydrogen) atoms. The fraction of sp³-hybridized carbons (Fsp3) is 0.412. The third-order valence-electron chi connectivity index (χ3n) is 5.05. The molecule has 6 heteroatoms. The van der Waals surface area contributed by atoms with Crippen LogP contribution >= 0.6 is 0 Å². The van der Waals surface area contributed by atoms with E-state index in [4.69, 9.17) is 9.15 Å². The lowest BCUT2D eigenvalue weighted by atomic mass is 9.77. The number of rotatable bonds is 5. The van der Waals surface area contributed by atoms with Gasteiger partial charge in [-0.1, -0.05) is 18.2 Å². The Kier molecular flexibility index (Phi) is 2.99. The zero-order chi connectivity index (χ0) is 16.2. The van der Waals surface area contributed by atoms with Crippen molar-refractivity contribution >= 4 is 11.9 Å². The molecule has 4 heterocycles. The molecule has 6 nitrogen and oxygen atoms in total. The summed E-state index contributed by atoms with van der Waals surface area (Å²) in [5, 5.41) is 9.49. The topological polar surface area (TPSA) is 80.0 Å². The highest BCUT2D eigenvalue weighted by Gasteiger charge is 2.67. The molecule has 2 fully saturated rings. The van der Waals surface area contributed by atoms with E-state index in [9.17, 15) is 14.7 Å². The number of fused-ring (bicyclic) bond motifs is 1. The highest BCUT2D eigenvalue weighted by atomic mass is 16.5. The van der Waals surface area contributed by atoms with Gasteiger partial charge in [-0.05, 0) is 18.6 Å². The minimum absolute atomic E-state index is 0.187. The summed E-state index contributed by atoms with van der Waals surface area (Å²) in [6, 6.07) is 3.30. The van der Waals surface area contributed by atoms with Crippen molar-refractivity contribution in [3.05, 3.63) is 49.0 Å². The van der Waals surface area contributed by atoms with Crippen LogP contribution in [0.4, 0.5) is 0 Å². The Balaban J connectivity index is 1.70. The quantitative estimate of drug-likeness (QED) is 0.838. The van der Waals surface area contributed by atoms with E-state index in [0.29, 0.717) is 18.7 Å². The number of ether oxygens (including phenoxy) is 1. The van der Waals surface area contributed by atoms with Gasteiger partial charge < -0.3 is 19.2 Å². The maximum absolute atomic E-state index is 13.0. The van der Waals surface area contributed by atoms with Gasteiger partial charge in [-0.25, -0.2) is 0 Å². The third-order valence-corrected chi connectivity index (χ3v) is 5.05. The second-order valence-corrected chi connectivity index (χ2v) is 6.26. The second-order valence-electron chi connectivity index (χ2n) is 6.26. The SMILES string of the molecule is C=CCC(c1ccco1)N1C[C@@]23C=C[C@@H](O2)C(C(=O)O)[C@H]3C1=O. The molecule has 2 bridgehead atoms. The van der Waals surface area contributed by atoms with E-state index in [1.54, 1.807) is 29.4 Å². The van der Waals surface area contributed by atoms with Crippen LogP contribution in [0.2, 0.25) is 0 Å². The Labute approximate surface area is 133 Å². The molecule has 4 rings (SSSR count). The van der Waals surface area contributed by atoms with Crippen molar-refractivity contribution in [3.8, 4) is 0 Å². The molecule has 2 unspecified atom stereocenters. The Morgan fingerprint density at radius 2 is 2.43 bits per heavy atom. The minimum Gasteiger partial charge on any atom is -0.481 e. The average Bonchev–Trinajstić information content (AvgIpc) is 3.26. The van der Waals surface area contributed by atoms with E-state index in [0.717, 1.165) is 0 Å². The van der Waals surface area contributed by atoms with Crippen molar-refractivity contribution in [3.63, 3.8) is 0 Å². The maximum Gasteiger partial charge on any atom is 0.310 e. The van der Waals surface area contributed by atoms with Gasteiger partial charge in [0.05, 0.1) is 30.9 Å². The summed E-state index contributed by atoms with van der Waals surface area (Å²) >= 11 is 0. The predicted octanol–water partition coefficient (Wildman–Crippen LogP) is 1.76. The summed E-state index contributed by atoms with van der Waals surface area (Å²) in [7, 11) is 0. The number of carbonyl (C=O) groups excluding carboxylic acids is 1. The van der Waals surface area contributed by atoms with Crippen LogP contribution in [-0.4, -0.2) is 40.1 Å². The molecule has 0 aliphatic carbocycles. The molecule has 1 aromatic heterocycles. The summed E-state index contributed by atoms with van der Waals surface area (Å²) in [6.07, 6.45) is 6.94. The number of hydrogen-bond acceptors (Lipinski definition) is 4. The Morgan fingerprint density at radius 3 is 3.09 bits per heavy atom. The van der Waals surface area contributed by atoms with Gasteiger partial charge in [0.25, 0.3) is 0 Å². The summed E-state index contributed by atoms with van der Waals surface area (Å²) in [5.41, 5.74) is -0.823. The van der Waals surface area contributed by atoms with Crippen molar-refractivity contribution in [1.29, 1.82) is 0 Å². The molecular formula is C17H17NO5. The highest BCUT2D eigenvalue weighted by molar-refractivity contribution is 5.91. The lowest BCUT2D eigenvalue weighted by molar-refractivity contribution is -0.148. The number of furan rings is 1. The van der Waals surface area contributed by atoms with E-state index >= 15 is 0 Å². The average molecular weight is 315 g/mol. The van der Waals surface area contributed by atoms with Crippen molar-refractivity contribution in [2.24, 2.45) is 11.8 Å². The summed E-state index contributed by atoms with van der Waals surface area (Å²) in [6.45, 7) is 4.09. The molecule has 1 spiro atoms. The molecule has 120 valence electrons. The lowest BCUT2D eigenvalue weighted by Crippen LogP contribution is -2.39. The molecule has 3 aliphatic heterocycles. The first kappa shape index (κ1) is 14.3. The fourth-order valence-electron chi connectivity index (χ4n) is 4.11. The molecule has 5 atom stereocenters. The molecule has 0 aromatic carbocycles. The van der Waals surface area contributed by atoms with Gasteiger partial charge in [0.1, 0.15) is 17.3 Å². The van der Waals surface area contributed by atoms with Crippen LogP contribution in [0, 0.1) is 11.8 Å². The molecule has 2 saturated heterocycles. The van der Waals surface area contributed by atoms with Gasteiger partial charge in [-0.15, -0.1) is 6.58 Å². The number of hydrogen-bond donors (Lipinski definition) is 1. The van der Waals surface area contributed by atoms with Crippen LogP contribution in [-0.2, 0) is 14.3 Å². The van der Waals surface area contributed by atoms with E-state index in [-0.39, 0.29) is 11.9 Å². The van der Waals surface area contributed by atoms with E-state index in [1.165, 1.54) is 0 Å². The van der Waals surface area contributed by atoms with Crippen LogP contribution in [0.25, 0.3) is 0 Å². The minimum atomic E-state index is -0.986.